The first kappa shape index (κ1) is 16.5. The molecule has 112 valence electrons. The fourth-order valence-corrected chi connectivity index (χ4v) is 3.64. The molecule has 0 spiro atoms. The first-order chi connectivity index (χ1) is 9.98. The van der Waals surface area contributed by atoms with E-state index in [4.69, 9.17) is 9.47 Å². The minimum Gasteiger partial charge on any atom is -0.465 e. The quantitative estimate of drug-likeness (QED) is 0.389. The topological polar surface area (TPSA) is 52.6 Å². The van der Waals surface area contributed by atoms with Gasteiger partial charge in [0.15, 0.2) is 0 Å². The average molecular weight is 465 g/mol. The van der Waals surface area contributed by atoms with Gasteiger partial charge in [0.1, 0.15) is 0 Å². The zero-order chi connectivity index (χ0) is 15.6. The van der Waals surface area contributed by atoms with Gasteiger partial charge < -0.3 is 9.47 Å². The Hall–Kier alpha value is -0.890. The number of fused-ring (bicyclic) bond motifs is 1. The van der Waals surface area contributed by atoms with Gasteiger partial charge in [-0.2, -0.15) is 0 Å². The van der Waals surface area contributed by atoms with Crippen molar-refractivity contribution in [2.24, 2.45) is 0 Å². The highest BCUT2D eigenvalue weighted by atomic mass is 127. The van der Waals surface area contributed by atoms with Crippen molar-refractivity contribution in [2.45, 2.75) is 19.3 Å². The molecule has 21 heavy (non-hydrogen) atoms. The zero-order valence-electron chi connectivity index (χ0n) is 11.6. The minimum absolute atomic E-state index is 0.194. The summed E-state index contributed by atoms with van der Waals surface area (Å²) < 4.78 is 11.8. The van der Waals surface area contributed by atoms with Crippen LogP contribution in [0.25, 0.3) is 6.08 Å². The Labute approximate surface area is 145 Å². The monoisotopic (exact) mass is 464 g/mol. The molecule has 0 aliphatic heterocycles. The summed E-state index contributed by atoms with van der Waals surface area (Å²) in [5.74, 6) is -1.24. The molecule has 0 N–H and O–H groups in total. The SMILES string of the molecule is CCOC(=O)C1(C(=O)OCC)C(Br)=Cc2cc(I)ccc21. The maximum absolute atomic E-state index is 12.5. The fourth-order valence-electron chi connectivity index (χ4n) is 2.34. The summed E-state index contributed by atoms with van der Waals surface area (Å²) in [5.41, 5.74) is -0.146. The lowest BCUT2D eigenvalue weighted by Gasteiger charge is -2.26. The number of benzene rings is 1. The van der Waals surface area contributed by atoms with Gasteiger partial charge in [0, 0.05) is 8.05 Å². The molecule has 0 amide bonds. The second kappa shape index (κ2) is 6.48. The van der Waals surface area contributed by atoms with Gasteiger partial charge in [-0.3, -0.25) is 9.59 Å². The minimum atomic E-state index is -1.55. The van der Waals surface area contributed by atoms with Crippen LogP contribution in [0.5, 0.6) is 0 Å². The Morgan fingerprint density at radius 3 is 2.29 bits per heavy atom. The normalized spacial score (nSPS) is 15.1. The van der Waals surface area contributed by atoms with E-state index in [9.17, 15) is 9.59 Å². The molecular weight excluding hydrogens is 451 g/mol. The van der Waals surface area contributed by atoms with Crippen molar-refractivity contribution in [3.8, 4) is 0 Å². The molecule has 1 aliphatic carbocycles. The molecule has 0 saturated carbocycles. The molecule has 0 unspecified atom stereocenters. The molecule has 0 atom stereocenters. The van der Waals surface area contributed by atoms with Crippen LogP contribution in [0, 0.1) is 3.57 Å². The summed E-state index contributed by atoms with van der Waals surface area (Å²) in [6, 6.07) is 5.54. The summed E-state index contributed by atoms with van der Waals surface area (Å²) in [4.78, 5) is 25.1. The molecule has 2 rings (SSSR count). The van der Waals surface area contributed by atoms with Crippen molar-refractivity contribution in [1.29, 1.82) is 0 Å². The lowest BCUT2D eigenvalue weighted by molar-refractivity contribution is -0.161. The Balaban J connectivity index is 2.64. The third kappa shape index (κ3) is 2.63. The molecule has 0 bridgehead atoms. The van der Waals surface area contributed by atoms with Gasteiger partial charge in [-0.15, -0.1) is 0 Å². The average Bonchev–Trinajstić information content (AvgIpc) is 2.71. The number of esters is 2. The van der Waals surface area contributed by atoms with E-state index in [0.29, 0.717) is 10.0 Å². The van der Waals surface area contributed by atoms with Gasteiger partial charge in [-0.05, 0) is 65.8 Å². The molecular formula is C15H14BrIO4. The van der Waals surface area contributed by atoms with Gasteiger partial charge in [-0.1, -0.05) is 22.0 Å². The zero-order valence-corrected chi connectivity index (χ0v) is 15.4. The Morgan fingerprint density at radius 1 is 1.19 bits per heavy atom. The fraction of sp³-hybridized carbons (Fsp3) is 0.333. The van der Waals surface area contributed by atoms with Gasteiger partial charge in [0.25, 0.3) is 0 Å². The van der Waals surface area contributed by atoms with E-state index >= 15 is 0 Å². The number of rotatable bonds is 4. The Bertz CT molecular complexity index is 606. The van der Waals surface area contributed by atoms with Crippen LogP contribution in [0.1, 0.15) is 25.0 Å². The lowest BCUT2D eigenvalue weighted by Crippen LogP contribution is -2.45. The molecule has 0 saturated heterocycles. The second-order valence-corrected chi connectivity index (χ2v) is 6.51. The summed E-state index contributed by atoms with van der Waals surface area (Å²) in [7, 11) is 0. The lowest BCUT2D eigenvalue weighted by atomic mass is 9.82. The molecule has 6 heteroatoms. The van der Waals surface area contributed by atoms with E-state index in [-0.39, 0.29) is 13.2 Å². The van der Waals surface area contributed by atoms with E-state index in [1.807, 2.05) is 12.1 Å². The van der Waals surface area contributed by atoms with Gasteiger partial charge in [0.05, 0.1) is 13.2 Å². The molecule has 4 nitrogen and oxygen atoms in total. The van der Waals surface area contributed by atoms with Crippen LogP contribution < -0.4 is 0 Å². The van der Waals surface area contributed by atoms with Crippen LogP contribution in [-0.2, 0) is 24.5 Å². The highest BCUT2D eigenvalue weighted by Gasteiger charge is 2.56. The summed E-state index contributed by atoms with van der Waals surface area (Å²) in [6.45, 7) is 3.80. The maximum Gasteiger partial charge on any atom is 0.333 e. The van der Waals surface area contributed by atoms with Crippen molar-refractivity contribution < 1.29 is 19.1 Å². The first-order valence-corrected chi connectivity index (χ1v) is 8.37. The maximum atomic E-state index is 12.5. The Morgan fingerprint density at radius 2 is 1.76 bits per heavy atom. The van der Waals surface area contributed by atoms with Crippen LogP contribution in [0.15, 0.2) is 22.7 Å². The molecule has 0 radical (unpaired) electrons. The summed E-state index contributed by atoms with van der Waals surface area (Å²) in [6.07, 6.45) is 1.77. The number of carbonyl (C=O) groups is 2. The van der Waals surface area contributed by atoms with Gasteiger partial charge in [0.2, 0.25) is 5.41 Å². The molecule has 1 aromatic carbocycles. The second-order valence-electron chi connectivity index (χ2n) is 4.41. The van der Waals surface area contributed by atoms with Crippen LogP contribution in [0.3, 0.4) is 0 Å². The van der Waals surface area contributed by atoms with Gasteiger partial charge in [-0.25, -0.2) is 0 Å². The molecule has 1 aromatic rings. The van der Waals surface area contributed by atoms with E-state index in [2.05, 4.69) is 38.5 Å². The van der Waals surface area contributed by atoms with Crippen molar-refractivity contribution in [3.63, 3.8) is 0 Å². The van der Waals surface area contributed by atoms with Crippen molar-refractivity contribution >= 4 is 56.5 Å². The highest BCUT2D eigenvalue weighted by molar-refractivity contribution is 14.1. The highest BCUT2D eigenvalue weighted by Crippen LogP contribution is 2.47. The Kier molecular flexibility index (Phi) is 5.08. The van der Waals surface area contributed by atoms with Crippen molar-refractivity contribution in [3.05, 3.63) is 37.4 Å². The third-order valence-electron chi connectivity index (χ3n) is 3.22. The van der Waals surface area contributed by atoms with Crippen LogP contribution >= 0.6 is 38.5 Å². The van der Waals surface area contributed by atoms with Crippen LogP contribution in [-0.4, -0.2) is 25.2 Å². The number of carbonyl (C=O) groups excluding carboxylic acids is 2. The standard InChI is InChI=1S/C15H14BrIO4/c1-3-20-13(18)15(14(19)21-4-2)11-6-5-10(17)7-9(11)8-12(15)16/h5-8H,3-4H2,1-2H3. The predicted octanol–water partition coefficient (Wildman–Crippen LogP) is 3.40. The first-order valence-electron chi connectivity index (χ1n) is 6.50. The molecule has 0 fully saturated rings. The molecule has 0 heterocycles. The van der Waals surface area contributed by atoms with E-state index in [1.165, 1.54) is 0 Å². The largest absolute Gasteiger partial charge is 0.465 e. The van der Waals surface area contributed by atoms with E-state index in [0.717, 1.165) is 9.13 Å². The third-order valence-corrected chi connectivity index (χ3v) is 4.72. The van der Waals surface area contributed by atoms with E-state index in [1.54, 1.807) is 26.0 Å². The summed E-state index contributed by atoms with van der Waals surface area (Å²) >= 11 is 5.55. The van der Waals surface area contributed by atoms with E-state index < -0.39 is 17.4 Å². The van der Waals surface area contributed by atoms with Crippen LogP contribution in [0.4, 0.5) is 0 Å². The molecule has 0 aromatic heterocycles. The number of halogens is 2. The van der Waals surface area contributed by atoms with Crippen LogP contribution in [0.2, 0.25) is 0 Å². The smallest absolute Gasteiger partial charge is 0.333 e. The number of ether oxygens (including phenoxy) is 2. The van der Waals surface area contributed by atoms with Crippen molar-refractivity contribution in [1.82, 2.24) is 0 Å². The number of hydrogen-bond acceptors (Lipinski definition) is 4. The number of hydrogen-bond donors (Lipinski definition) is 0. The predicted molar refractivity (Wildman–Crippen MR) is 91.0 cm³/mol. The summed E-state index contributed by atoms with van der Waals surface area (Å²) in [5, 5.41) is 0. The van der Waals surface area contributed by atoms with Gasteiger partial charge >= 0.3 is 11.9 Å². The van der Waals surface area contributed by atoms with Crippen molar-refractivity contribution in [2.75, 3.05) is 13.2 Å². The molecule has 1 aliphatic rings.